The van der Waals surface area contributed by atoms with Gasteiger partial charge in [-0.25, -0.2) is 4.98 Å². The summed E-state index contributed by atoms with van der Waals surface area (Å²) in [5.41, 5.74) is 2.84. The maximum absolute atomic E-state index is 15.2. The summed E-state index contributed by atoms with van der Waals surface area (Å²) in [6.07, 6.45) is 0. The third kappa shape index (κ3) is 3.88. The number of pyridine rings is 1. The van der Waals surface area contributed by atoms with E-state index in [9.17, 15) is 0 Å². The molecule has 8 rings (SSSR count). The van der Waals surface area contributed by atoms with Crippen molar-refractivity contribution >= 4 is 66.3 Å². The zero-order valence-corrected chi connectivity index (χ0v) is 23.7. The molecule has 0 aliphatic heterocycles. The third-order valence-electron chi connectivity index (χ3n) is 8.29. The molecule has 0 unspecified atom stereocenters. The molecule has 0 spiro atoms. The lowest BCUT2D eigenvalue weighted by atomic mass is 9.94. The first-order chi connectivity index (χ1) is 20.7. The van der Waals surface area contributed by atoms with Crippen LogP contribution in [0.1, 0.15) is 0 Å². The highest BCUT2D eigenvalue weighted by Gasteiger charge is 2.30. The van der Waals surface area contributed by atoms with Gasteiger partial charge in [0.05, 0.1) is 11.2 Å². The Labute approximate surface area is 244 Å². The summed E-state index contributed by atoms with van der Waals surface area (Å²) < 4.78 is 15.2. The van der Waals surface area contributed by atoms with Gasteiger partial charge in [-0.2, -0.15) is 0 Å². The van der Waals surface area contributed by atoms with Gasteiger partial charge in [-0.3, -0.25) is 0 Å². The monoisotopic (exact) mass is 555 g/mol. The average Bonchev–Trinajstić information content (AvgIpc) is 3.07. The SMILES string of the molecule is O=P(c1ccccc1)(c1ccccc1)c1ccc2c(c1)nc(-c1ccc3ccccc3c1)c1ccc3ccccc3c12. The molecule has 1 aromatic heterocycles. The molecule has 7 aromatic carbocycles. The molecule has 2 nitrogen and oxygen atoms in total. The van der Waals surface area contributed by atoms with E-state index in [1.165, 1.54) is 26.9 Å². The first-order valence-electron chi connectivity index (χ1n) is 14.2. The Morgan fingerprint density at radius 2 is 1.02 bits per heavy atom. The molecule has 0 fully saturated rings. The van der Waals surface area contributed by atoms with Crippen molar-refractivity contribution in [2.75, 3.05) is 0 Å². The lowest BCUT2D eigenvalue weighted by molar-refractivity contribution is 0.592. The Kier molecular flexibility index (Phi) is 5.77. The zero-order valence-electron chi connectivity index (χ0n) is 22.8. The number of rotatable bonds is 4. The fraction of sp³-hybridized carbons (Fsp3) is 0. The number of fused-ring (bicyclic) bond motifs is 6. The molecule has 0 N–H and O–H groups in total. The van der Waals surface area contributed by atoms with Crippen molar-refractivity contribution in [3.8, 4) is 11.3 Å². The van der Waals surface area contributed by atoms with Crippen LogP contribution in [-0.2, 0) is 4.57 Å². The summed E-state index contributed by atoms with van der Waals surface area (Å²) >= 11 is 0. The van der Waals surface area contributed by atoms with E-state index in [1.807, 2.05) is 66.7 Å². The van der Waals surface area contributed by atoms with Gasteiger partial charge >= 0.3 is 0 Å². The number of benzene rings is 7. The van der Waals surface area contributed by atoms with Crippen LogP contribution in [-0.4, -0.2) is 4.98 Å². The summed E-state index contributed by atoms with van der Waals surface area (Å²) in [5.74, 6) is 0. The zero-order chi connectivity index (χ0) is 28.1. The summed E-state index contributed by atoms with van der Waals surface area (Å²) in [5, 5.41) is 10.5. The fourth-order valence-corrected chi connectivity index (χ4v) is 8.91. The lowest BCUT2D eigenvalue weighted by Gasteiger charge is -2.21. The maximum Gasteiger partial charge on any atom is 0.171 e. The standard InChI is InChI=1S/C39H26NOP/c41-42(31-14-3-1-4-15-31,32-16-5-2-6-17-32)33-22-24-35-37(26-33)40-39(30-20-19-27-11-7-8-13-29(27)25-30)36-23-21-28-12-9-10-18-34(28)38(35)36/h1-26H. The Hall–Kier alpha value is -5.04. The predicted octanol–water partition coefficient (Wildman–Crippen LogP) is 9.00. The van der Waals surface area contributed by atoms with E-state index in [-0.39, 0.29) is 0 Å². The van der Waals surface area contributed by atoms with Crippen molar-refractivity contribution in [2.24, 2.45) is 0 Å². The van der Waals surface area contributed by atoms with Gasteiger partial charge in [0.25, 0.3) is 0 Å². The second kappa shape index (κ2) is 9.80. The molecule has 198 valence electrons. The topological polar surface area (TPSA) is 30.0 Å². The van der Waals surface area contributed by atoms with Crippen LogP contribution in [0.5, 0.6) is 0 Å². The van der Waals surface area contributed by atoms with Gasteiger partial charge in [-0.05, 0) is 33.7 Å². The van der Waals surface area contributed by atoms with Crippen molar-refractivity contribution in [2.45, 2.75) is 0 Å². The van der Waals surface area contributed by atoms with E-state index in [0.29, 0.717) is 0 Å². The third-order valence-corrected chi connectivity index (χ3v) is 11.3. The predicted molar refractivity (Wildman–Crippen MR) is 179 cm³/mol. The van der Waals surface area contributed by atoms with E-state index in [0.717, 1.165) is 43.5 Å². The molecule has 42 heavy (non-hydrogen) atoms. The van der Waals surface area contributed by atoms with Crippen molar-refractivity contribution in [3.63, 3.8) is 0 Å². The number of aromatic nitrogens is 1. The van der Waals surface area contributed by atoms with Gasteiger partial charge in [0, 0.05) is 37.6 Å². The van der Waals surface area contributed by atoms with Crippen LogP contribution in [0.4, 0.5) is 0 Å². The molecule has 0 saturated heterocycles. The van der Waals surface area contributed by atoms with Crippen LogP contribution in [0, 0.1) is 0 Å². The van der Waals surface area contributed by atoms with E-state index in [4.69, 9.17) is 4.98 Å². The van der Waals surface area contributed by atoms with Crippen LogP contribution in [0.2, 0.25) is 0 Å². The molecule has 0 amide bonds. The minimum atomic E-state index is -3.15. The van der Waals surface area contributed by atoms with Gasteiger partial charge in [0.15, 0.2) is 7.14 Å². The van der Waals surface area contributed by atoms with Gasteiger partial charge < -0.3 is 4.57 Å². The molecule has 8 aromatic rings. The minimum Gasteiger partial charge on any atom is -0.309 e. The van der Waals surface area contributed by atoms with Crippen LogP contribution in [0.3, 0.4) is 0 Å². The van der Waals surface area contributed by atoms with Crippen LogP contribution < -0.4 is 15.9 Å². The molecular formula is C39H26NOP. The van der Waals surface area contributed by atoms with E-state index in [2.05, 4.69) is 91.0 Å². The van der Waals surface area contributed by atoms with Crippen LogP contribution >= 0.6 is 7.14 Å². The summed E-state index contributed by atoms with van der Waals surface area (Å²) in [6.45, 7) is 0. The number of hydrogen-bond donors (Lipinski definition) is 0. The first kappa shape index (κ1) is 24.7. The van der Waals surface area contributed by atoms with Crippen molar-refractivity contribution in [1.82, 2.24) is 4.98 Å². The molecule has 3 heteroatoms. The quantitative estimate of drug-likeness (QED) is 0.160. The Morgan fingerprint density at radius 3 is 1.76 bits per heavy atom. The molecule has 0 bridgehead atoms. The van der Waals surface area contributed by atoms with Gasteiger partial charge in [0.2, 0.25) is 0 Å². The fourth-order valence-electron chi connectivity index (χ4n) is 6.24. The number of nitrogens with zero attached hydrogens (tertiary/aromatic N) is 1. The molecule has 0 radical (unpaired) electrons. The minimum absolute atomic E-state index is 0.781. The smallest absolute Gasteiger partial charge is 0.171 e. The van der Waals surface area contributed by atoms with Crippen molar-refractivity contribution < 1.29 is 4.57 Å². The first-order valence-corrected chi connectivity index (χ1v) is 15.9. The Balaban J connectivity index is 1.47. The van der Waals surface area contributed by atoms with Gasteiger partial charge in [-0.1, -0.05) is 146 Å². The second-order valence-electron chi connectivity index (χ2n) is 10.7. The molecule has 1 heterocycles. The summed E-state index contributed by atoms with van der Waals surface area (Å²) in [6, 6.07) is 53.7. The molecule has 0 atom stereocenters. The second-order valence-corrected chi connectivity index (χ2v) is 13.5. The van der Waals surface area contributed by atoms with Gasteiger partial charge in [-0.15, -0.1) is 0 Å². The molecule has 0 saturated carbocycles. The summed E-state index contributed by atoms with van der Waals surface area (Å²) in [4.78, 5) is 5.33. The molecule has 0 aliphatic carbocycles. The van der Waals surface area contributed by atoms with E-state index >= 15 is 4.57 Å². The van der Waals surface area contributed by atoms with Crippen LogP contribution in [0.15, 0.2) is 158 Å². The average molecular weight is 556 g/mol. The Bertz CT molecular complexity index is 2280. The normalized spacial score (nSPS) is 11.9. The highest BCUT2D eigenvalue weighted by molar-refractivity contribution is 7.85. The van der Waals surface area contributed by atoms with Crippen molar-refractivity contribution in [3.05, 3.63) is 158 Å². The van der Waals surface area contributed by atoms with E-state index < -0.39 is 7.14 Å². The Morgan fingerprint density at radius 1 is 0.429 bits per heavy atom. The van der Waals surface area contributed by atoms with E-state index in [1.54, 1.807) is 0 Å². The summed E-state index contributed by atoms with van der Waals surface area (Å²) in [7, 11) is -3.15. The molecular weight excluding hydrogens is 529 g/mol. The van der Waals surface area contributed by atoms with Gasteiger partial charge in [0.1, 0.15) is 0 Å². The number of hydrogen-bond acceptors (Lipinski definition) is 2. The van der Waals surface area contributed by atoms with Crippen molar-refractivity contribution in [1.29, 1.82) is 0 Å². The highest BCUT2D eigenvalue weighted by atomic mass is 31.2. The molecule has 0 aliphatic rings. The maximum atomic E-state index is 15.2. The van der Waals surface area contributed by atoms with Crippen LogP contribution in [0.25, 0.3) is 54.5 Å². The largest absolute Gasteiger partial charge is 0.309 e. The highest BCUT2D eigenvalue weighted by Crippen LogP contribution is 2.44. The lowest BCUT2D eigenvalue weighted by Crippen LogP contribution is -2.25.